The summed E-state index contributed by atoms with van der Waals surface area (Å²) in [5.41, 5.74) is -17.3. The molecule has 0 aliphatic carbocycles. The zero-order chi connectivity index (χ0) is 49.3. The molecule has 0 saturated carbocycles. The molecule has 1 aliphatic rings. The molecule has 8 bridgehead atoms. The zero-order valence-electron chi connectivity index (χ0n) is 32.3. The quantitative estimate of drug-likeness (QED) is 0.104. The Labute approximate surface area is 381 Å². The number of aromatic nitrogens is 4. The van der Waals surface area contributed by atoms with Crippen LogP contribution in [0.3, 0.4) is 0 Å². The van der Waals surface area contributed by atoms with Crippen LogP contribution >= 0.6 is 0 Å². The SMILES string of the molecule is Fc1c(F)c(F)c(/C2=c3\cc/c([n-]3)=C(\c3c(F)c(F)c(F)c(F)c3F)c3ccc([n-]3)/C(c3c(F)c(F)c(F)c(F)c3F)=c3/cc/c([n-]3)=C(\c3c(F)c(F)c(F)c(F)c3F)c3ccc2[n-]3)c(F)c1F.[Pt+4]. The van der Waals surface area contributed by atoms with Gasteiger partial charge in [0, 0.05) is 0 Å². The first-order valence-corrected chi connectivity index (χ1v) is 18.2. The van der Waals surface area contributed by atoms with Gasteiger partial charge >= 0.3 is 21.1 Å². The third-order valence-corrected chi connectivity index (χ3v) is 10.4. The molecule has 0 N–H and O–H groups in total. The van der Waals surface area contributed by atoms with E-state index in [1.165, 1.54) is 0 Å². The molecule has 0 fully saturated rings. The van der Waals surface area contributed by atoms with E-state index in [-0.39, 0.29) is 21.1 Å². The van der Waals surface area contributed by atoms with Crippen molar-refractivity contribution in [1.82, 2.24) is 19.9 Å². The van der Waals surface area contributed by atoms with Crippen molar-refractivity contribution < 1.29 is 109 Å². The van der Waals surface area contributed by atoms with Gasteiger partial charge < -0.3 is 19.9 Å². The van der Waals surface area contributed by atoms with E-state index in [0.29, 0.717) is 48.5 Å². The average Bonchev–Trinajstić information content (AvgIpc) is 4.18. The van der Waals surface area contributed by atoms with Crippen molar-refractivity contribution in [2.75, 3.05) is 0 Å². The Balaban J connectivity index is 0.00000642. The van der Waals surface area contributed by atoms with Gasteiger partial charge in [0.15, 0.2) is 93.1 Å². The van der Waals surface area contributed by atoms with E-state index in [2.05, 4.69) is 19.9 Å². The Hall–Kier alpha value is -7.23. The third-order valence-electron chi connectivity index (χ3n) is 10.4. The van der Waals surface area contributed by atoms with Gasteiger partial charge in [-0.05, 0) is 22.3 Å². The minimum Gasteiger partial charge on any atom is -0.657 e. The fraction of sp³-hybridized carbons (Fsp3) is 0. The fourth-order valence-electron chi connectivity index (χ4n) is 7.41. The van der Waals surface area contributed by atoms with Crippen LogP contribution in [0, 0.1) is 116 Å². The van der Waals surface area contributed by atoms with Crippen molar-refractivity contribution in [2.45, 2.75) is 0 Å². The molecular formula is C44H8F20N4Pt. The summed E-state index contributed by atoms with van der Waals surface area (Å²) in [4.78, 5) is 15.6. The molecule has 9 rings (SSSR count). The molecule has 0 radical (unpaired) electrons. The van der Waals surface area contributed by atoms with Crippen LogP contribution in [0.5, 0.6) is 0 Å². The van der Waals surface area contributed by atoms with Crippen molar-refractivity contribution in [3.05, 3.63) is 231 Å². The minimum absolute atomic E-state index is 0. The summed E-state index contributed by atoms with van der Waals surface area (Å²) in [6, 6.07) is 4.53. The Morgan fingerprint density at radius 1 is 0.188 bits per heavy atom. The molecule has 0 amide bonds. The molecule has 8 aromatic rings. The molecule has 25 heteroatoms. The summed E-state index contributed by atoms with van der Waals surface area (Å²) in [5.74, 6) is -53.1. The van der Waals surface area contributed by atoms with E-state index in [1.54, 1.807) is 0 Å². The third kappa shape index (κ3) is 7.03. The van der Waals surface area contributed by atoms with E-state index >= 15 is 35.1 Å². The van der Waals surface area contributed by atoms with Gasteiger partial charge in [-0.2, -0.15) is 0 Å². The normalized spacial score (nSPS) is 15.8. The first-order valence-electron chi connectivity index (χ1n) is 18.2. The Bertz CT molecular complexity index is 3230. The van der Waals surface area contributed by atoms with Crippen molar-refractivity contribution >= 4 is 22.3 Å². The standard InChI is InChI=1S/C44H8F20N4.Pt/c45-25-21(26(46)34(54)41(61)33(25)53)17-9-1-2-10(65-9)18(22-27(47)35(55)42(62)36(56)28(22)48)12-5-6-14(67-12)20(24-31(51)39(59)44(64)40(60)32(24)52)16-8-7-15(68-16)19(13-4-3-11(17)66-13)23-29(49)37(57)43(63)38(58)30(23)50;/h1-8H;/q-4;+4/b17-9+,17-11?,18-10+,18-12?,19-13?,19-15+,20-14?,20-16+;. The summed E-state index contributed by atoms with van der Waals surface area (Å²) in [6.07, 6.45) is 0. The monoisotopic (exact) mass is 1170 g/mol. The van der Waals surface area contributed by atoms with Crippen LogP contribution in [0.1, 0.15) is 45.0 Å². The van der Waals surface area contributed by atoms with Crippen LogP contribution in [0.25, 0.3) is 22.3 Å². The maximum absolute atomic E-state index is 15.8. The molecule has 4 nitrogen and oxygen atoms in total. The predicted octanol–water partition coefficient (Wildman–Crippen LogP) is 7.60. The zero-order valence-corrected chi connectivity index (χ0v) is 34.6. The van der Waals surface area contributed by atoms with E-state index in [4.69, 9.17) is 0 Å². The second kappa shape index (κ2) is 17.1. The maximum atomic E-state index is 15.8. The number of rotatable bonds is 4. The topological polar surface area (TPSA) is 56.4 Å². The summed E-state index contributed by atoms with van der Waals surface area (Å²) < 4.78 is 303. The molecule has 5 heterocycles. The number of hydrogen-bond acceptors (Lipinski definition) is 0. The fourth-order valence-corrected chi connectivity index (χ4v) is 7.41. The molecule has 0 saturated heterocycles. The Kier molecular flexibility index (Phi) is 11.9. The van der Waals surface area contributed by atoms with Gasteiger partial charge in [-0.1, -0.05) is 48.5 Å². The molecule has 1 aliphatic heterocycles. The van der Waals surface area contributed by atoms with Gasteiger partial charge in [-0.3, -0.25) is 0 Å². The first kappa shape index (κ1) is 48.2. The number of benzene rings is 4. The van der Waals surface area contributed by atoms with Gasteiger partial charge in [0.05, 0.1) is 22.3 Å². The number of halogens is 20. The summed E-state index contributed by atoms with van der Waals surface area (Å²) in [7, 11) is 0. The molecular weight excluding hydrogens is 1160 g/mol. The number of nitrogens with zero attached hydrogens (tertiary/aromatic N) is 4. The molecule has 354 valence electrons. The Morgan fingerprint density at radius 2 is 0.333 bits per heavy atom. The number of hydrogen-bond donors (Lipinski definition) is 0. The molecule has 0 atom stereocenters. The molecule has 4 aromatic heterocycles. The minimum atomic E-state index is -2.73. The van der Waals surface area contributed by atoms with Crippen LogP contribution < -0.4 is 41.3 Å². The Morgan fingerprint density at radius 3 is 0.493 bits per heavy atom. The van der Waals surface area contributed by atoms with Crippen LogP contribution in [0.15, 0.2) is 48.5 Å². The first-order chi connectivity index (χ1) is 32.1. The van der Waals surface area contributed by atoms with Crippen LogP contribution in [-0.4, -0.2) is 0 Å². The van der Waals surface area contributed by atoms with Crippen molar-refractivity contribution in [3.8, 4) is 0 Å². The molecule has 4 aromatic carbocycles. The smallest absolute Gasteiger partial charge is 0.657 e. The maximum Gasteiger partial charge on any atom is 4.00 e. The second-order valence-electron chi connectivity index (χ2n) is 14.1. The molecule has 0 unspecified atom stereocenters. The van der Waals surface area contributed by atoms with Crippen molar-refractivity contribution in [3.63, 3.8) is 0 Å². The average molecular weight is 1170 g/mol. The van der Waals surface area contributed by atoms with Gasteiger partial charge in [0.2, 0.25) is 23.3 Å². The van der Waals surface area contributed by atoms with Crippen LogP contribution in [0.2, 0.25) is 0 Å². The number of fused-ring (bicyclic) bond motifs is 8. The molecule has 69 heavy (non-hydrogen) atoms. The van der Waals surface area contributed by atoms with E-state index in [0.717, 1.165) is 0 Å². The van der Waals surface area contributed by atoms with Gasteiger partial charge in [-0.15, -0.1) is 44.2 Å². The van der Waals surface area contributed by atoms with Gasteiger partial charge in [0.1, 0.15) is 0 Å². The second-order valence-corrected chi connectivity index (χ2v) is 14.1. The predicted molar refractivity (Wildman–Crippen MR) is 189 cm³/mol. The van der Waals surface area contributed by atoms with Crippen molar-refractivity contribution in [1.29, 1.82) is 0 Å². The van der Waals surface area contributed by atoms with Crippen molar-refractivity contribution in [2.24, 2.45) is 0 Å². The summed E-state index contributed by atoms with van der Waals surface area (Å²) in [6.45, 7) is 0. The summed E-state index contributed by atoms with van der Waals surface area (Å²) >= 11 is 0. The van der Waals surface area contributed by atoms with E-state index < -0.39 is 205 Å². The van der Waals surface area contributed by atoms with Gasteiger partial charge in [0.25, 0.3) is 0 Å². The van der Waals surface area contributed by atoms with Gasteiger partial charge in [-0.25, -0.2) is 87.8 Å². The van der Waals surface area contributed by atoms with Crippen LogP contribution in [-0.2, 0) is 21.1 Å². The largest absolute Gasteiger partial charge is 4.00 e. The van der Waals surface area contributed by atoms with Crippen LogP contribution in [0.4, 0.5) is 87.8 Å². The summed E-state index contributed by atoms with van der Waals surface area (Å²) in [5, 5.41) is -4.30. The molecule has 0 spiro atoms. The van der Waals surface area contributed by atoms with E-state index in [9.17, 15) is 52.7 Å². The van der Waals surface area contributed by atoms with E-state index in [1.807, 2.05) is 0 Å².